The highest BCUT2D eigenvalue weighted by atomic mass is 16.1. The Balaban J connectivity index is 1.09. The van der Waals surface area contributed by atoms with Gasteiger partial charge in [0.05, 0.1) is 0 Å². The summed E-state index contributed by atoms with van der Waals surface area (Å²) in [7, 11) is 0. The highest BCUT2D eigenvalue weighted by Crippen LogP contribution is 2.94. The average molecular weight is 475 g/mol. The summed E-state index contributed by atoms with van der Waals surface area (Å²) < 4.78 is 0. The smallest absolute Gasteiger partial charge is 0.190 e. The number of allylic oxidation sites excluding steroid dienone is 4. The first kappa shape index (κ1) is 19.8. The standard InChI is InChI=1S/C34H34O2/c1-13-14(2)16-10-9-15(13)23-19-11-20(24(16)23)28-27(19)33(3)29-21-12-22(30(29)34(28,33)4)26-25(21)31(35)17-7-5-6-8-18(17)32(26)36/h5-8,15-16,19-24,27-30H,1-2,9-12H2,3-4H3/t15-,16+,19-,20+,21+,22-,23+,24-,27-,28+,29+,30-,33-,34+. The van der Waals surface area contributed by atoms with E-state index in [9.17, 15) is 9.59 Å². The molecule has 8 saturated carbocycles. The predicted octanol–water partition coefficient (Wildman–Crippen LogP) is 6.55. The molecule has 2 heteroatoms. The summed E-state index contributed by atoms with van der Waals surface area (Å²) in [5.41, 5.74) is 6.66. The molecule has 14 atom stereocenters. The van der Waals surface area contributed by atoms with Crippen LogP contribution in [0.1, 0.15) is 60.2 Å². The Hall–Kier alpha value is -2.22. The third-order valence-corrected chi connectivity index (χ3v) is 14.9. The number of hydrogen-bond donors (Lipinski definition) is 0. The van der Waals surface area contributed by atoms with Crippen LogP contribution in [0.4, 0.5) is 0 Å². The van der Waals surface area contributed by atoms with Gasteiger partial charge in [-0.3, -0.25) is 9.59 Å². The monoisotopic (exact) mass is 474 g/mol. The van der Waals surface area contributed by atoms with Crippen LogP contribution in [0.25, 0.3) is 0 Å². The van der Waals surface area contributed by atoms with Crippen LogP contribution in [0, 0.1) is 81.8 Å². The zero-order valence-electron chi connectivity index (χ0n) is 21.3. The molecule has 1 aromatic carbocycles. The summed E-state index contributed by atoms with van der Waals surface area (Å²) in [5, 5.41) is 0. The summed E-state index contributed by atoms with van der Waals surface area (Å²) in [4.78, 5) is 27.5. The third kappa shape index (κ3) is 1.56. The van der Waals surface area contributed by atoms with E-state index in [1.165, 1.54) is 30.4 Å². The van der Waals surface area contributed by atoms with Crippen molar-refractivity contribution in [2.45, 2.75) is 39.5 Å². The minimum Gasteiger partial charge on any atom is -0.289 e. The molecule has 0 amide bonds. The van der Waals surface area contributed by atoms with E-state index >= 15 is 0 Å². The lowest BCUT2D eigenvalue weighted by Crippen LogP contribution is -2.82. The van der Waals surface area contributed by atoms with Crippen molar-refractivity contribution >= 4 is 11.6 Å². The van der Waals surface area contributed by atoms with Crippen molar-refractivity contribution in [2.75, 3.05) is 0 Å². The minimum atomic E-state index is 0.173. The maximum atomic E-state index is 13.8. The quantitative estimate of drug-likeness (QED) is 0.427. The molecule has 10 aliphatic rings. The number of hydrogen-bond acceptors (Lipinski definition) is 2. The van der Waals surface area contributed by atoms with Gasteiger partial charge in [0.15, 0.2) is 11.6 Å². The largest absolute Gasteiger partial charge is 0.289 e. The Bertz CT molecular complexity index is 1340. The molecule has 0 saturated heterocycles. The molecule has 6 bridgehead atoms. The minimum absolute atomic E-state index is 0.173. The zero-order chi connectivity index (χ0) is 24.2. The van der Waals surface area contributed by atoms with Gasteiger partial charge in [-0.1, -0.05) is 51.3 Å². The lowest BCUT2D eigenvalue weighted by Gasteiger charge is -2.85. The molecule has 1 aromatic rings. The van der Waals surface area contributed by atoms with E-state index in [1.807, 2.05) is 24.3 Å². The van der Waals surface area contributed by atoms with Gasteiger partial charge in [-0.05, 0) is 119 Å². The number of carbonyl (C=O) groups excluding carboxylic acids is 2. The van der Waals surface area contributed by atoms with E-state index in [0.29, 0.717) is 57.5 Å². The molecule has 0 heterocycles. The van der Waals surface area contributed by atoms with Gasteiger partial charge in [0, 0.05) is 22.3 Å². The first-order valence-electron chi connectivity index (χ1n) is 14.6. The van der Waals surface area contributed by atoms with Gasteiger partial charge in [0.2, 0.25) is 0 Å². The molecule has 8 fully saturated rings. The highest BCUT2D eigenvalue weighted by Gasteiger charge is 2.91. The van der Waals surface area contributed by atoms with Gasteiger partial charge >= 0.3 is 0 Å². The van der Waals surface area contributed by atoms with Crippen molar-refractivity contribution in [2.24, 2.45) is 81.8 Å². The maximum Gasteiger partial charge on any atom is 0.190 e. The van der Waals surface area contributed by atoms with Gasteiger partial charge < -0.3 is 0 Å². The van der Waals surface area contributed by atoms with E-state index in [2.05, 4.69) is 27.0 Å². The van der Waals surface area contributed by atoms with E-state index in [0.717, 1.165) is 53.1 Å². The van der Waals surface area contributed by atoms with Crippen molar-refractivity contribution in [1.29, 1.82) is 0 Å². The fourth-order valence-electron chi connectivity index (χ4n) is 14.4. The second kappa shape index (κ2) is 5.47. The van der Waals surface area contributed by atoms with Crippen LogP contribution in [-0.2, 0) is 0 Å². The van der Waals surface area contributed by atoms with E-state index < -0.39 is 0 Å². The summed E-state index contributed by atoms with van der Waals surface area (Å²) in [6, 6.07) is 7.58. The van der Waals surface area contributed by atoms with Gasteiger partial charge in [-0.2, -0.15) is 0 Å². The Morgan fingerprint density at radius 2 is 1.11 bits per heavy atom. The summed E-state index contributed by atoms with van der Waals surface area (Å²) >= 11 is 0. The van der Waals surface area contributed by atoms with E-state index in [1.54, 1.807) is 0 Å². The highest BCUT2D eigenvalue weighted by molar-refractivity contribution is 6.28. The first-order valence-corrected chi connectivity index (χ1v) is 14.6. The zero-order valence-corrected chi connectivity index (χ0v) is 21.3. The molecular weight excluding hydrogens is 440 g/mol. The Morgan fingerprint density at radius 3 is 1.56 bits per heavy atom. The Morgan fingerprint density at radius 1 is 0.667 bits per heavy atom. The lowest BCUT2D eigenvalue weighted by atomic mass is 9.18. The topological polar surface area (TPSA) is 34.1 Å². The average Bonchev–Trinajstić information content (AvgIpc) is 3.65. The molecule has 36 heavy (non-hydrogen) atoms. The van der Waals surface area contributed by atoms with Gasteiger partial charge in [0.1, 0.15) is 0 Å². The van der Waals surface area contributed by atoms with Crippen molar-refractivity contribution in [3.8, 4) is 0 Å². The van der Waals surface area contributed by atoms with Crippen molar-refractivity contribution < 1.29 is 9.59 Å². The third-order valence-electron chi connectivity index (χ3n) is 14.9. The van der Waals surface area contributed by atoms with Gasteiger partial charge in [-0.15, -0.1) is 0 Å². The molecule has 0 N–H and O–H groups in total. The van der Waals surface area contributed by atoms with Crippen LogP contribution in [0.15, 0.2) is 59.7 Å². The number of benzene rings is 1. The fourth-order valence-corrected chi connectivity index (χ4v) is 14.4. The van der Waals surface area contributed by atoms with Crippen LogP contribution in [0.2, 0.25) is 0 Å². The Labute approximate surface area is 213 Å². The molecule has 0 aromatic heterocycles. The van der Waals surface area contributed by atoms with Crippen molar-refractivity contribution in [1.82, 2.24) is 0 Å². The maximum absolute atomic E-state index is 13.8. The molecule has 0 aliphatic heterocycles. The van der Waals surface area contributed by atoms with Crippen LogP contribution < -0.4 is 0 Å². The number of fused-ring (bicyclic) bond motifs is 20. The molecule has 11 rings (SSSR count). The van der Waals surface area contributed by atoms with Crippen LogP contribution in [-0.4, -0.2) is 11.6 Å². The van der Waals surface area contributed by atoms with Crippen LogP contribution in [0.5, 0.6) is 0 Å². The van der Waals surface area contributed by atoms with E-state index in [4.69, 9.17) is 0 Å². The summed E-state index contributed by atoms with van der Waals surface area (Å²) in [5.74, 6) is 8.54. The van der Waals surface area contributed by atoms with Gasteiger partial charge in [0.25, 0.3) is 0 Å². The second-order valence-electron chi connectivity index (χ2n) is 14.7. The molecule has 0 spiro atoms. The molecule has 2 nitrogen and oxygen atoms in total. The number of rotatable bonds is 0. The normalized spacial score (nSPS) is 57.6. The number of Topliss-reactive ketones (excluding diaryl/α,β-unsaturated/α-hetero) is 2. The van der Waals surface area contributed by atoms with Crippen LogP contribution >= 0.6 is 0 Å². The number of carbonyl (C=O) groups is 2. The van der Waals surface area contributed by atoms with Crippen LogP contribution in [0.3, 0.4) is 0 Å². The van der Waals surface area contributed by atoms with Gasteiger partial charge in [-0.25, -0.2) is 0 Å². The van der Waals surface area contributed by atoms with Crippen molar-refractivity contribution in [3.63, 3.8) is 0 Å². The second-order valence-corrected chi connectivity index (χ2v) is 14.7. The number of ketones is 2. The SMILES string of the molecule is C=C1C(=C)[C@@H]2CC[C@H]1[C@H]1[C@H]3C[C@@H]([C@H]12)[C@H]1[C@@H]3[C@]2(C)[C@@H]3[C@@H]([C@@H]4C[C@H]3C3=C4C(=O)c4ccccc4C3=O)[C@]12C. The molecular formula is C34H34O2. The van der Waals surface area contributed by atoms with Crippen molar-refractivity contribution in [3.05, 3.63) is 70.8 Å². The molecule has 10 aliphatic carbocycles. The molecule has 0 unspecified atom stereocenters. The first-order chi connectivity index (χ1) is 17.3. The Kier molecular flexibility index (Phi) is 3.01. The summed E-state index contributed by atoms with van der Waals surface area (Å²) in [6.45, 7) is 14.4. The lowest BCUT2D eigenvalue weighted by molar-refractivity contribution is -0.378. The fraction of sp³-hybridized carbons (Fsp3) is 0.588. The molecule has 0 radical (unpaired) electrons. The van der Waals surface area contributed by atoms with E-state index in [-0.39, 0.29) is 11.6 Å². The molecule has 182 valence electrons. The summed E-state index contributed by atoms with van der Waals surface area (Å²) in [6.07, 6.45) is 5.15. The predicted molar refractivity (Wildman–Crippen MR) is 137 cm³/mol.